The van der Waals surface area contributed by atoms with E-state index in [1.54, 1.807) is 6.20 Å². The molecular weight excluding hydrogens is 418 g/mol. The molecule has 9 nitrogen and oxygen atoms in total. The van der Waals surface area contributed by atoms with Crippen LogP contribution in [0.5, 0.6) is 5.88 Å². The van der Waals surface area contributed by atoms with E-state index in [-0.39, 0.29) is 0 Å². The van der Waals surface area contributed by atoms with E-state index >= 15 is 0 Å². The first-order chi connectivity index (χ1) is 15.2. The molecule has 5 rings (SSSR count). The van der Waals surface area contributed by atoms with Gasteiger partial charge in [-0.3, -0.25) is 9.58 Å². The van der Waals surface area contributed by atoms with Crippen LogP contribution in [0.15, 0.2) is 6.20 Å². The number of hydrogen-bond donors (Lipinski definition) is 2. The number of rotatable bonds is 2. The highest BCUT2D eigenvalue weighted by Gasteiger charge is 2.30. The van der Waals surface area contributed by atoms with E-state index in [1.165, 1.54) is 12.8 Å². The normalized spacial score (nSPS) is 24.8. The molecule has 0 amide bonds. The summed E-state index contributed by atoms with van der Waals surface area (Å²) >= 11 is 6.22. The van der Waals surface area contributed by atoms with Gasteiger partial charge in [-0.15, -0.1) is 5.10 Å². The van der Waals surface area contributed by atoms with Crippen molar-refractivity contribution in [2.24, 2.45) is 0 Å². The summed E-state index contributed by atoms with van der Waals surface area (Å²) in [5.74, 6) is 1.74. The maximum atomic E-state index is 6.22. The summed E-state index contributed by atoms with van der Waals surface area (Å²) in [7, 11) is 0. The van der Waals surface area contributed by atoms with Crippen molar-refractivity contribution in [1.82, 2.24) is 24.6 Å². The number of fused-ring (bicyclic) bond motifs is 3. The first-order valence-corrected chi connectivity index (χ1v) is 11.6. The van der Waals surface area contributed by atoms with Crippen LogP contribution in [0.2, 0.25) is 5.02 Å². The number of ether oxygens (including phenoxy) is 2. The Bertz CT molecular complexity index is 907. The van der Waals surface area contributed by atoms with Gasteiger partial charge in [0.15, 0.2) is 5.82 Å². The maximum Gasteiger partial charge on any atom is 0.257 e. The maximum absolute atomic E-state index is 6.22. The van der Waals surface area contributed by atoms with Gasteiger partial charge in [-0.05, 0) is 39.0 Å². The minimum absolute atomic E-state index is 0.381. The molecule has 0 radical (unpaired) electrons. The Balaban J connectivity index is 1.35. The van der Waals surface area contributed by atoms with Crippen molar-refractivity contribution < 1.29 is 9.47 Å². The van der Waals surface area contributed by atoms with E-state index < -0.39 is 0 Å². The van der Waals surface area contributed by atoms with Gasteiger partial charge in [0.1, 0.15) is 10.7 Å². The lowest BCUT2D eigenvalue weighted by molar-refractivity contribution is 0.00496. The van der Waals surface area contributed by atoms with Crippen molar-refractivity contribution in [3.05, 3.63) is 16.9 Å². The Kier molecular flexibility index (Phi) is 6.15. The van der Waals surface area contributed by atoms with Gasteiger partial charge in [-0.1, -0.05) is 11.6 Å². The molecule has 1 aliphatic carbocycles. The summed E-state index contributed by atoms with van der Waals surface area (Å²) in [5.41, 5.74) is 1.89. The van der Waals surface area contributed by atoms with E-state index in [2.05, 4.69) is 37.1 Å². The summed E-state index contributed by atoms with van der Waals surface area (Å²) in [4.78, 5) is 11.5. The van der Waals surface area contributed by atoms with Crippen LogP contribution < -0.4 is 15.4 Å². The Morgan fingerprint density at radius 1 is 1.10 bits per heavy atom. The van der Waals surface area contributed by atoms with Gasteiger partial charge in [0.25, 0.3) is 5.88 Å². The van der Waals surface area contributed by atoms with Crippen LogP contribution in [0.1, 0.15) is 43.8 Å². The molecule has 2 N–H and O–H groups in total. The van der Waals surface area contributed by atoms with Crippen molar-refractivity contribution in [3.63, 3.8) is 0 Å². The fraction of sp³-hybridized carbons (Fsp3) is 0.667. The van der Waals surface area contributed by atoms with Crippen LogP contribution in [0.25, 0.3) is 0 Å². The lowest BCUT2D eigenvalue weighted by Crippen LogP contribution is -2.45. The van der Waals surface area contributed by atoms with Crippen molar-refractivity contribution in [2.75, 3.05) is 50.1 Å². The molecule has 1 saturated carbocycles. The topological polar surface area (TPSA) is 89.4 Å². The minimum atomic E-state index is 0.381. The third-order valence-corrected chi connectivity index (χ3v) is 6.80. The Labute approximate surface area is 187 Å². The molecule has 0 atom stereocenters. The van der Waals surface area contributed by atoms with Crippen molar-refractivity contribution in [3.8, 4) is 5.88 Å². The first-order valence-electron chi connectivity index (χ1n) is 11.3. The molecule has 2 aromatic rings. The van der Waals surface area contributed by atoms with Crippen molar-refractivity contribution >= 4 is 29.1 Å². The van der Waals surface area contributed by atoms with Crippen LogP contribution in [0.4, 0.5) is 17.5 Å². The van der Waals surface area contributed by atoms with Crippen LogP contribution in [0, 0.1) is 6.92 Å². The standard InChI is InChI=1S/C21H30ClN7O2/c1-14-18-20(31-10-2-7-23-19-17(22)13-24-21(25-18)26-19)27-29(14)16-5-3-15(4-6-16)28-8-11-30-12-9-28/h13,15-16H,2-12H2,1H3,(H2,23,24,25,26). The van der Waals surface area contributed by atoms with Crippen LogP contribution >= 0.6 is 11.6 Å². The third kappa shape index (κ3) is 4.44. The van der Waals surface area contributed by atoms with E-state index in [0.717, 1.165) is 63.5 Å². The van der Waals surface area contributed by atoms with Crippen LogP contribution in [-0.2, 0) is 4.74 Å². The monoisotopic (exact) mass is 447 g/mol. The number of halogens is 1. The molecule has 10 heteroatoms. The van der Waals surface area contributed by atoms with E-state index in [1.807, 2.05) is 0 Å². The lowest BCUT2D eigenvalue weighted by Gasteiger charge is -2.38. The Hall–Kier alpha value is -2.10. The number of anilines is 3. The summed E-state index contributed by atoms with van der Waals surface area (Å²) in [6, 6.07) is 1.04. The van der Waals surface area contributed by atoms with Crippen molar-refractivity contribution in [2.45, 2.75) is 51.1 Å². The van der Waals surface area contributed by atoms with E-state index in [0.29, 0.717) is 41.4 Å². The molecule has 0 aromatic carbocycles. The van der Waals surface area contributed by atoms with Gasteiger partial charge in [0.05, 0.1) is 37.8 Å². The molecule has 3 aliphatic rings. The van der Waals surface area contributed by atoms with Crippen LogP contribution in [-0.4, -0.2) is 70.1 Å². The van der Waals surface area contributed by atoms with Gasteiger partial charge in [-0.25, -0.2) is 4.98 Å². The molecule has 4 heterocycles. The molecule has 0 unspecified atom stereocenters. The number of morpholine rings is 1. The predicted molar refractivity (Wildman–Crippen MR) is 120 cm³/mol. The first kappa shape index (κ1) is 20.8. The fourth-order valence-electron chi connectivity index (χ4n) is 4.81. The summed E-state index contributed by atoms with van der Waals surface area (Å²) < 4.78 is 13.7. The highest BCUT2D eigenvalue weighted by atomic mass is 35.5. The molecule has 2 fully saturated rings. The number of nitrogens with one attached hydrogen (secondary N) is 2. The van der Waals surface area contributed by atoms with Gasteiger partial charge in [0, 0.05) is 25.7 Å². The zero-order valence-electron chi connectivity index (χ0n) is 17.9. The third-order valence-electron chi connectivity index (χ3n) is 6.53. The molecule has 2 bridgehead atoms. The van der Waals surface area contributed by atoms with Crippen molar-refractivity contribution in [1.29, 1.82) is 0 Å². The Morgan fingerprint density at radius 2 is 1.87 bits per heavy atom. The van der Waals surface area contributed by atoms with Crippen LogP contribution in [0.3, 0.4) is 0 Å². The quantitative estimate of drug-likeness (QED) is 0.724. The second kappa shape index (κ2) is 9.18. The number of aromatic nitrogens is 4. The molecule has 0 spiro atoms. The fourth-order valence-corrected chi connectivity index (χ4v) is 4.97. The molecule has 2 aliphatic heterocycles. The van der Waals surface area contributed by atoms with Gasteiger partial charge >= 0.3 is 0 Å². The molecule has 2 aromatic heterocycles. The lowest BCUT2D eigenvalue weighted by atomic mass is 9.90. The van der Waals surface area contributed by atoms with E-state index in [9.17, 15) is 0 Å². The van der Waals surface area contributed by atoms with E-state index in [4.69, 9.17) is 26.2 Å². The molecule has 1 saturated heterocycles. The van der Waals surface area contributed by atoms with Gasteiger partial charge < -0.3 is 20.1 Å². The Morgan fingerprint density at radius 3 is 2.68 bits per heavy atom. The largest absolute Gasteiger partial charge is 0.475 e. The molecular formula is C21H30ClN7O2. The molecule has 31 heavy (non-hydrogen) atoms. The summed E-state index contributed by atoms with van der Waals surface area (Å²) in [5, 5.41) is 11.9. The smallest absolute Gasteiger partial charge is 0.257 e. The molecule has 168 valence electrons. The average molecular weight is 448 g/mol. The SMILES string of the molecule is Cc1c2c(nn1C1CCC(N3CCOCC3)CC1)OCCCNc1nc(ncc1Cl)N2. The predicted octanol–water partition coefficient (Wildman–Crippen LogP) is 3.39. The average Bonchev–Trinajstić information content (AvgIpc) is 3.09. The highest BCUT2D eigenvalue weighted by Crippen LogP contribution is 2.37. The zero-order chi connectivity index (χ0) is 21.2. The van der Waals surface area contributed by atoms with Gasteiger partial charge in [-0.2, -0.15) is 4.98 Å². The van der Waals surface area contributed by atoms with Gasteiger partial charge in [0.2, 0.25) is 5.95 Å². The minimum Gasteiger partial charge on any atom is -0.475 e. The zero-order valence-corrected chi connectivity index (χ0v) is 18.7. The number of hydrogen-bond acceptors (Lipinski definition) is 8. The second-order valence-corrected chi connectivity index (χ2v) is 8.87. The summed E-state index contributed by atoms with van der Waals surface area (Å²) in [6.07, 6.45) is 7.07. The summed E-state index contributed by atoms with van der Waals surface area (Å²) in [6.45, 7) is 7.21. The second-order valence-electron chi connectivity index (χ2n) is 8.46. The number of nitrogens with zero attached hydrogens (tertiary/aromatic N) is 5. The highest BCUT2D eigenvalue weighted by molar-refractivity contribution is 6.32.